The van der Waals surface area contributed by atoms with Crippen molar-refractivity contribution in [1.82, 2.24) is 20.0 Å². The van der Waals surface area contributed by atoms with E-state index in [0.717, 1.165) is 0 Å². The lowest BCUT2D eigenvalue weighted by molar-refractivity contribution is -0.00413. The van der Waals surface area contributed by atoms with E-state index in [1.54, 1.807) is 25.7 Å². The molecule has 1 fully saturated rings. The van der Waals surface area contributed by atoms with Crippen molar-refractivity contribution >= 4 is 5.91 Å². The Morgan fingerprint density at radius 1 is 1.39 bits per heavy atom. The second kappa shape index (κ2) is 5.96. The maximum Gasteiger partial charge on any atom is 0.260 e. The largest absolute Gasteiger partial charge is 0.377 e. The Hall–Kier alpha value is -2.48. The van der Waals surface area contributed by atoms with E-state index >= 15 is 0 Å². The van der Waals surface area contributed by atoms with E-state index in [4.69, 9.17) is 9.26 Å². The van der Waals surface area contributed by atoms with Crippen LogP contribution in [0.2, 0.25) is 0 Å². The van der Waals surface area contributed by atoms with Crippen LogP contribution in [0.3, 0.4) is 0 Å². The zero-order valence-electron chi connectivity index (χ0n) is 13.3. The number of hydrogen-bond acceptors (Lipinski definition) is 6. The summed E-state index contributed by atoms with van der Waals surface area (Å²) in [6.45, 7) is 6.29. The minimum Gasteiger partial charge on any atom is -0.377 e. The molecule has 1 aliphatic heterocycles. The van der Waals surface area contributed by atoms with E-state index < -0.39 is 6.04 Å². The first kappa shape index (κ1) is 15.4. The summed E-state index contributed by atoms with van der Waals surface area (Å²) in [7, 11) is 0. The molecule has 0 saturated carbocycles. The summed E-state index contributed by atoms with van der Waals surface area (Å²) in [6.07, 6.45) is 0. The van der Waals surface area contributed by atoms with Crippen LogP contribution >= 0.6 is 0 Å². The summed E-state index contributed by atoms with van der Waals surface area (Å²) >= 11 is 0. The predicted molar refractivity (Wildman–Crippen MR) is 80.2 cm³/mol. The lowest BCUT2D eigenvalue weighted by Gasteiger charge is -2.35. The number of carbonyl (C=O) groups is 1. The van der Waals surface area contributed by atoms with Gasteiger partial charge in [-0.05, 0) is 20.8 Å². The summed E-state index contributed by atoms with van der Waals surface area (Å²) in [6, 6.07) is 0.992. The molecular formula is C15H18N4O4. The van der Waals surface area contributed by atoms with E-state index in [9.17, 15) is 9.59 Å². The number of carbonyl (C=O) groups excluding carboxylic acids is 1. The van der Waals surface area contributed by atoms with Gasteiger partial charge in [-0.2, -0.15) is 0 Å². The Morgan fingerprint density at radius 2 is 2.17 bits per heavy atom. The summed E-state index contributed by atoms with van der Waals surface area (Å²) in [5.41, 5.74) is 1.28. The highest BCUT2D eigenvalue weighted by atomic mass is 16.5. The van der Waals surface area contributed by atoms with Crippen LogP contribution in [0.1, 0.15) is 39.4 Å². The minimum atomic E-state index is -0.411. The molecule has 0 bridgehead atoms. The summed E-state index contributed by atoms with van der Waals surface area (Å²) < 4.78 is 10.6. The molecule has 2 aromatic heterocycles. The Morgan fingerprint density at radius 3 is 2.83 bits per heavy atom. The highest BCUT2D eigenvalue weighted by molar-refractivity contribution is 5.96. The molecule has 8 heteroatoms. The van der Waals surface area contributed by atoms with Gasteiger partial charge in [0.25, 0.3) is 11.5 Å². The maximum atomic E-state index is 12.9. The number of amides is 1. The molecule has 1 aliphatic rings. The van der Waals surface area contributed by atoms with Gasteiger partial charge in [0, 0.05) is 12.6 Å². The van der Waals surface area contributed by atoms with Crippen molar-refractivity contribution in [2.75, 3.05) is 19.8 Å². The van der Waals surface area contributed by atoms with Crippen LogP contribution in [0.5, 0.6) is 0 Å². The Kier molecular flexibility index (Phi) is 3.99. The van der Waals surface area contributed by atoms with Crippen LogP contribution in [0, 0.1) is 20.8 Å². The molecule has 3 rings (SSSR count). The molecule has 0 aromatic carbocycles. The van der Waals surface area contributed by atoms with Gasteiger partial charge in [-0.25, -0.2) is 4.98 Å². The fourth-order valence-corrected chi connectivity index (χ4v) is 2.80. The molecule has 1 atom stereocenters. The molecule has 0 spiro atoms. The number of nitrogens with zero attached hydrogens (tertiary/aromatic N) is 3. The lowest BCUT2D eigenvalue weighted by Crippen LogP contribution is -2.44. The zero-order valence-corrected chi connectivity index (χ0v) is 13.3. The average molecular weight is 318 g/mol. The van der Waals surface area contributed by atoms with Crippen molar-refractivity contribution in [1.29, 1.82) is 0 Å². The molecule has 1 N–H and O–H groups in total. The van der Waals surface area contributed by atoms with Gasteiger partial charge < -0.3 is 19.1 Å². The molecule has 2 aromatic rings. The smallest absolute Gasteiger partial charge is 0.260 e. The van der Waals surface area contributed by atoms with E-state index in [0.29, 0.717) is 48.3 Å². The van der Waals surface area contributed by atoms with Crippen molar-refractivity contribution in [3.8, 4) is 0 Å². The van der Waals surface area contributed by atoms with Crippen molar-refractivity contribution in [3.05, 3.63) is 45.0 Å². The molecule has 23 heavy (non-hydrogen) atoms. The second-order valence-electron chi connectivity index (χ2n) is 5.54. The topological polar surface area (TPSA) is 101 Å². The average Bonchev–Trinajstić information content (AvgIpc) is 2.84. The number of aromatic nitrogens is 3. The number of aromatic amines is 1. The molecular weight excluding hydrogens is 300 g/mol. The number of ether oxygens (including phenoxy) is 1. The Balaban J connectivity index is 1.99. The minimum absolute atomic E-state index is 0.186. The highest BCUT2D eigenvalue weighted by Crippen LogP contribution is 2.26. The lowest BCUT2D eigenvalue weighted by atomic mass is 10.1. The number of nitrogens with one attached hydrogen (secondary N) is 1. The van der Waals surface area contributed by atoms with Gasteiger partial charge in [-0.3, -0.25) is 9.59 Å². The molecule has 0 radical (unpaired) electrons. The molecule has 8 nitrogen and oxygen atoms in total. The maximum absolute atomic E-state index is 12.9. The number of H-pyrrole nitrogens is 1. The molecule has 122 valence electrons. The Labute approximate surface area is 132 Å². The van der Waals surface area contributed by atoms with Gasteiger partial charge in [0.05, 0.1) is 30.6 Å². The molecule has 3 heterocycles. The van der Waals surface area contributed by atoms with Crippen LogP contribution in [-0.2, 0) is 4.74 Å². The van der Waals surface area contributed by atoms with Gasteiger partial charge in [0.2, 0.25) is 0 Å². The van der Waals surface area contributed by atoms with E-state index in [1.807, 2.05) is 0 Å². The van der Waals surface area contributed by atoms with E-state index in [1.165, 1.54) is 6.07 Å². The first-order valence-corrected chi connectivity index (χ1v) is 7.37. The van der Waals surface area contributed by atoms with Gasteiger partial charge in [-0.1, -0.05) is 5.16 Å². The van der Waals surface area contributed by atoms with Crippen LogP contribution in [-0.4, -0.2) is 45.7 Å². The fourth-order valence-electron chi connectivity index (χ4n) is 2.80. The molecule has 1 amide bonds. The number of aryl methyl sites for hydroxylation is 3. The first-order valence-electron chi connectivity index (χ1n) is 7.37. The summed E-state index contributed by atoms with van der Waals surface area (Å²) in [4.78, 5) is 33.2. The SMILES string of the molecule is Cc1nc(C2COCCN2C(=O)c2c(C)noc2C)cc(=O)[nH]1. The third kappa shape index (κ3) is 2.89. The zero-order chi connectivity index (χ0) is 16.6. The summed E-state index contributed by atoms with van der Waals surface area (Å²) in [5, 5.41) is 3.83. The second-order valence-corrected chi connectivity index (χ2v) is 5.54. The monoisotopic (exact) mass is 318 g/mol. The van der Waals surface area contributed by atoms with Crippen LogP contribution in [0.4, 0.5) is 0 Å². The van der Waals surface area contributed by atoms with Crippen molar-refractivity contribution < 1.29 is 14.1 Å². The number of morpholine rings is 1. The summed E-state index contributed by atoms with van der Waals surface area (Å²) in [5.74, 6) is 0.796. The predicted octanol–water partition coefficient (Wildman–Crippen LogP) is 0.897. The van der Waals surface area contributed by atoms with Crippen LogP contribution in [0.15, 0.2) is 15.4 Å². The normalized spacial score (nSPS) is 18.2. The quantitative estimate of drug-likeness (QED) is 0.882. The molecule has 0 aliphatic carbocycles. The fraction of sp³-hybridized carbons (Fsp3) is 0.467. The van der Waals surface area contributed by atoms with Crippen molar-refractivity contribution in [2.45, 2.75) is 26.8 Å². The Bertz CT molecular complexity index is 776. The highest BCUT2D eigenvalue weighted by Gasteiger charge is 2.33. The molecule has 1 saturated heterocycles. The van der Waals surface area contributed by atoms with Gasteiger partial charge in [-0.15, -0.1) is 0 Å². The van der Waals surface area contributed by atoms with Crippen molar-refractivity contribution in [3.63, 3.8) is 0 Å². The van der Waals surface area contributed by atoms with Gasteiger partial charge in [0.15, 0.2) is 0 Å². The third-order valence-electron chi connectivity index (χ3n) is 3.86. The van der Waals surface area contributed by atoms with E-state index in [2.05, 4.69) is 15.1 Å². The van der Waals surface area contributed by atoms with Crippen LogP contribution in [0.25, 0.3) is 0 Å². The third-order valence-corrected chi connectivity index (χ3v) is 3.86. The standard InChI is InChI=1S/C15H18N4O4/c1-8-14(9(2)23-18-8)15(21)19-4-5-22-7-12(19)11-6-13(20)17-10(3)16-11/h6,12H,4-5,7H2,1-3H3,(H,16,17,20). The van der Waals surface area contributed by atoms with Gasteiger partial charge in [0.1, 0.15) is 17.1 Å². The number of rotatable bonds is 2. The van der Waals surface area contributed by atoms with E-state index in [-0.39, 0.29) is 11.5 Å². The first-order chi connectivity index (χ1) is 11.0. The number of hydrogen-bond donors (Lipinski definition) is 1. The van der Waals surface area contributed by atoms with Crippen molar-refractivity contribution in [2.24, 2.45) is 0 Å². The molecule has 1 unspecified atom stereocenters. The van der Waals surface area contributed by atoms with Gasteiger partial charge >= 0.3 is 0 Å². The van der Waals surface area contributed by atoms with Crippen LogP contribution < -0.4 is 5.56 Å².